The van der Waals surface area contributed by atoms with Gasteiger partial charge in [0.2, 0.25) is 0 Å². The molecule has 0 unspecified atom stereocenters. The van der Waals surface area contributed by atoms with E-state index in [1.54, 1.807) is 0 Å². The van der Waals surface area contributed by atoms with E-state index in [4.69, 9.17) is 4.74 Å². The molecule has 0 N–H and O–H groups in total. The standard InChI is InChI=1S/C17H15NO2/c1-17(14-10-6-3-7-11-14)16(18-12-15(19)20-17)13-8-4-2-5-9-13/h2-11H,12H2,1H3/t17-/m1/s1. The number of carbonyl (C=O) groups is 1. The Morgan fingerprint density at radius 3 is 2.25 bits per heavy atom. The predicted octanol–water partition coefficient (Wildman–Crippen LogP) is 2.95. The topological polar surface area (TPSA) is 38.7 Å². The summed E-state index contributed by atoms with van der Waals surface area (Å²) in [6.07, 6.45) is 0. The lowest BCUT2D eigenvalue weighted by Gasteiger charge is -2.34. The van der Waals surface area contributed by atoms with Crippen LogP contribution in [0.25, 0.3) is 0 Å². The molecule has 1 aliphatic rings. The summed E-state index contributed by atoms with van der Waals surface area (Å²) >= 11 is 0. The fraction of sp³-hybridized carbons (Fsp3) is 0.176. The molecule has 3 rings (SSSR count). The summed E-state index contributed by atoms with van der Waals surface area (Å²) in [5, 5.41) is 0. The average molecular weight is 265 g/mol. The predicted molar refractivity (Wildman–Crippen MR) is 77.7 cm³/mol. The van der Waals surface area contributed by atoms with Crippen LogP contribution in [0.4, 0.5) is 0 Å². The van der Waals surface area contributed by atoms with Gasteiger partial charge in [0.1, 0.15) is 6.54 Å². The number of benzene rings is 2. The van der Waals surface area contributed by atoms with E-state index in [1.807, 2.05) is 67.6 Å². The summed E-state index contributed by atoms with van der Waals surface area (Å²) in [6, 6.07) is 19.6. The van der Waals surface area contributed by atoms with Crippen molar-refractivity contribution >= 4 is 11.7 Å². The zero-order valence-electron chi connectivity index (χ0n) is 11.2. The largest absolute Gasteiger partial charge is 0.446 e. The summed E-state index contributed by atoms with van der Waals surface area (Å²) in [5.41, 5.74) is 1.86. The van der Waals surface area contributed by atoms with Crippen LogP contribution in [0.1, 0.15) is 18.1 Å². The minimum Gasteiger partial charge on any atom is -0.446 e. The van der Waals surface area contributed by atoms with Gasteiger partial charge in [-0.05, 0) is 12.5 Å². The molecule has 2 aromatic carbocycles. The van der Waals surface area contributed by atoms with E-state index in [0.717, 1.165) is 16.8 Å². The molecule has 0 spiro atoms. The lowest BCUT2D eigenvalue weighted by molar-refractivity contribution is -0.152. The van der Waals surface area contributed by atoms with Crippen molar-refractivity contribution in [3.8, 4) is 0 Å². The van der Waals surface area contributed by atoms with E-state index in [9.17, 15) is 4.79 Å². The van der Waals surface area contributed by atoms with E-state index in [0.29, 0.717) is 0 Å². The van der Waals surface area contributed by atoms with Gasteiger partial charge in [-0.3, -0.25) is 9.79 Å². The maximum absolute atomic E-state index is 11.7. The molecule has 0 saturated heterocycles. The number of hydrogen-bond acceptors (Lipinski definition) is 3. The van der Waals surface area contributed by atoms with Crippen molar-refractivity contribution < 1.29 is 9.53 Å². The molecular formula is C17H15NO2. The summed E-state index contributed by atoms with van der Waals surface area (Å²) < 4.78 is 5.66. The third-order valence-corrected chi connectivity index (χ3v) is 3.51. The fourth-order valence-electron chi connectivity index (χ4n) is 2.52. The SMILES string of the molecule is C[C@]1(c2ccccc2)OC(=O)CN=C1c1ccccc1. The first-order chi connectivity index (χ1) is 9.70. The number of nitrogens with zero attached hydrogens (tertiary/aromatic N) is 1. The van der Waals surface area contributed by atoms with Crippen molar-refractivity contribution in [3.63, 3.8) is 0 Å². The second-order valence-electron chi connectivity index (χ2n) is 4.90. The molecular weight excluding hydrogens is 250 g/mol. The fourth-order valence-corrected chi connectivity index (χ4v) is 2.52. The Balaban J connectivity index is 2.13. The second-order valence-corrected chi connectivity index (χ2v) is 4.90. The lowest BCUT2D eigenvalue weighted by Crippen LogP contribution is -2.42. The number of rotatable bonds is 2. The minimum absolute atomic E-state index is 0.0760. The zero-order chi connectivity index (χ0) is 14.0. The first-order valence-electron chi connectivity index (χ1n) is 6.58. The Morgan fingerprint density at radius 2 is 1.60 bits per heavy atom. The smallest absolute Gasteiger partial charge is 0.328 e. The molecule has 0 saturated carbocycles. The van der Waals surface area contributed by atoms with Crippen LogP contribution in [-0.2, 0) is 15.1 Å². The molecule has 1 atom stereocenters. The Hall–Kier alpha value is -2.42. The lowest BCUT2D eigenvalue weighted by atomic mass is 9.86. The van der Waals surface area contributed by atoms with Gasteiger partial charge < -0.3 is 4.74 Å². The summed E-state index contributed by atoms with van der Waals surface area (Å²) in [5.74, 6) is -0.295. The molecule has 0 bridgehead atoms. The van der Waals surface area contributed by atoms with E-state index in [2.05, 4.69) is 4.99 Å². The minimum atomic E-state index is -0.835. The average Bonchev–Trinajstić information content (AvgIpc) is 2.49. The molecule has 3 heteroatoms. The van der Waals surface area contributed by atoms with Crippen molar-refractivity contribution in [2.45, 2.75) is 12.5 Å². The molecule has 20 heavy (non-hydrogen) atoms. The molecule has 1 aliphatic heterocycles. The van der Waals surface area contributed by atoms with Gasteiger partial charge in [0.15, 0.2) is 5.60 Å². The third-order valence-electron chi connectivity index (χ3n) is 3.51. The van der Waals surface area contributed by atoms with Crippen LogP contribution in [0.5, 0.6) is 0 Å². The molecule has 0 aromatic heterocycles. The van der Waals surface area contributed by atoms with Crippen molar-refractivity contribution in [2.24, 2.45) is 4.99 Å². The van der Waals surface area contributed by atoms with E-state index < -0.39 is 5.60 Å². The summed E-state index contributed by atoms with van der Waals surface area (Å²) in [4.78, 5) is 16.2. The first kappa shape index (κ1) is 12.6. The summed E-state index contributed by atoms with van der Waals surface area (Å²) in [7, 11) is 0. The van der Waals surface area contributed by atoms with Crippen LogP contribution >= 0.6 is 0 Å². The van der Waals surface area contributed by atoms with Crippen LogP contribution in [0, 0.1) is 0 Å². The normalized spacial score (nSPS) is 22.1. The molecule has 0 amide bonds. The Bertz CT molecular complexity index is 649. The van der Waals surface area contributed by atoms with Gasteiger partial charge in [-0.2, -0.15) is 0 Å². The Kier molecular flexibility index (Phi) is 3.11. The second kappa shape index (κ2) is 4.93. The number of carbonyl (C=O) groups excluding carboxylic acids is 1. The van der Waals surface area contributed by atoms with Crippen molar-refractivity contribution in [3.05, 3.63) is 71.8 Å². The Morgan fingerprint density at radius 1 is 1.00 bits per heavy atom. The van der Waals surface area contributed by atoms with Gasteiger partial charge >= 0.3 is 5.97 Å². The number of esters is 1. The number of hydrogen-bond donors (Lipinski definition) is 0. The highest BCUT2D eigenvalue weighted by Crippen LogP contribution is 2.32. The highest BCUT2D eigenvalue weighted by molar-refractivity contribution is 6.09. The molecule has 100 valence electrons. The van der Waals surface area contributed by atoms with E-state index in [-0.39, 0.29) is 12.5 Å². The van der Waals surface area contributed by atoms with Gasteiger partial charge in [0, 0.05) is 5.56 Å². The van der Waals surface area contributed by atoms with Gasteiger partial charge in [-0.1, -0.05) is 60.7 Å². The highest BCUT2D eigenvalue weighted by atomic mass is 16.6. The van der Waals surface area contributed by atoms with Crippen LogP contribution < -0.4 is 0 Å². The number of cyclic esters (lactones) is 1. The maximum atomic E-state index is 11.7. The molecule has 0 aliphatic carbocycles. The van der Waals surface area contributed by atoms with E-state index in [1.165, 1.54) is 0 Å². The van der Waals surface area contributed by atoms with Crippen molar-refractivity contribution in [1.29, 1.82) is 0 Å². The molecule has 0 radical (unpaired) electrons. The van der Waals surface area contributed by atoms with Gasteiger partial charge in [0.05, 0.1) is 5.71 Å². The van der Waals surface area contributed by atoms with Gasteiger partial charge in [-0.15, -0.1) is 0 Å². The molecule has 1 heterocycles. The monoisotopic (exact) mass is 265 g/mol. The summed E-state index contributed by atoms with van der Waals surface area (Å²) in [6.45, 7) is 1.97. The van der Waals surface area contributed by atoms with Crippen LogP contribution in [0.2, 0.25) is 0 Å². The van der Waals surface area contributed by atoms with Gasteiger partial charge in [0.25, 0.3) is 0 Å². The quantitative estimate of drug-likeness (QED) is 0.783. The maximum Gasteiger partial charge on any atom is 0.328 e. The number of ether oxygens (including phenoxy) is 1. The molecule has 0 fully saturated rings. The first-order valence-corrected chi connectivity index (χ1v) is 6.58. The van der Waals surface area contributed by atoms with Crippen LogP contribution in [0.15, 0.2) is 65.7 Å². The highest BCUT2D eigenvalue weighted by Gasteiger charge is 2.40. The number of aliphatic imine (C=N–C) groups is 1. The molecule has 3 nitrogen and oxygen atoms in total. The van der Waals surface area contributed by atoms with Crippen LogP contribution in [-0.4, -0.2) is 18.2 Å². The Labute approximate surface area is 117 Å². The zero-order valence-corrected chi connectivity index (χ0v) is 11.2. The van der Waals surface area contributed by atoms with E-state index >= 15 is 0 Å². The van der Waals surface area contributed by atoms with Gasteiger partial charge in [-0.25, -0.2) is 0 Å². The van der Waals surface area contributed by atoms with Crippen molar-refractivity contribution in [2.75, 3.05) is 6.54 Å². The van der Waals surface area contributed by atoms with Crippen molar-refractivity contribution in [1.82, 2.24) is 0 Å². The third kappa shape index (κ3) is 2.11. The molecule has 2 aromatic rings. The van der Waals surface area contributed by atoms with Crippen LogP contribution in [0.3, 0.4) is 0 Å².